The molecule has 2 aromatic rings. The summed E-state index contributed by atoms with van der Waals surface area (Å²) in [6.07, 6.45) is 0.745. The van der Waals surface area contributed by atoms with Gasteiger partial charge in [-0.05, 0) is 24.6 Å². The standard InChI is InChI=1S/C12H11BrFN3O/c1-7(8-2-4-9(13)5-3-8)18-12-16-6-10(14)11(15)17-12/h2-7H,1H3,(H2,15,16,17)/t7-/m1/s1. The number of aromatic nitrogens is 2. The van der Waals surface area contributed by atoms with Crippen molar-refractivity contribution < 1.29 is 9.13 Å². The van der Waals surface area contributed by atoms with E-state index in [9.17, 15) is 4.39 Å². The summed E-state index contributed by atoms with van der Waals surface area (Å²) < 4.78 is 19.4. The zero-order valence-corrected chi connectivity index (χ0v) is 11.2. The number of nitrogen functional groups attached to an aromatic ring is 1. The quantitative estimate of drug-likeness (QED) is 0.946. The van der Waals surface area contributed by atoms with Crippen LogP contribution in [0.15, 0.2) is 34.9 Å². The highest BCUT2D eigenvalue weighted by Crippen LogP contribution is 2.21. The largest absolute Gasteiger partial charge is 0.456 e. The molecular weight excluding hydrogens is 301 g/mol. The van der Waals surface area contributed by atoms with Gasteiger partial charge in [0.05, 0.1) is 6.20 Å². The third-order valence-corrected chi connectivity index (χ3v) is 2.90. The van der Waals surface area contributed by atoms with Gasteiger partial charge < -0.3 is 10.5 Å². The van der Waals surface area contributed by atoms with E-state index in [1.54, 1.807) is 0 Å². The number of halogens is 2. The van der Waals surface area contributed by atoms with Crippen LogP contribution in [0, 0.1) is 5.82 Å². The van der Waals surface area contributed by atoms with E-state index in [2.05, 4.69) is 25.9 Å². The maximum atomic E-state index is 12.9. The molecule has 1 aromatic carbocycles. The monoisotopic (exact) mass is 311 g/mol. The highest BCUT2D eigenvalue weighted by Gasteiger charge is 2.10. The van der Waals surface area contributed by atoms with Gasteiger partial charge >= 0.3 is 6.01 Å². The molecule has 2 rings (SSSR count). The highest BCUT2D eigenvalue weighted by molar-refractivity contribution is 9.10. The lowest BCUT2D eigenvalue weighted by Gasteiger charge is -2.13. The molecule has 0 bridgehead atoms. The van der Waals surface area contributed by atoms with E-state index < -0.39 is 5.82 Å². The lowest BCUT2D eigenvalue weighted by atomic mass is 10.1. The van der Waals surface area contributed by atoms with Gasteiger partial charge in [0.2, 0.25) is 0 Å². The van der Waals surface area contributed by atoms with E-state index in [1.807, 2.05) is 31.2 Å². The van der Waals surface area contributed by atoms with Crippen LogP contribution in [0.3, 0.4) is 0 Å². The number of anilines is 1. The van der Waals surface area contributed by atoms with E-state index >= 15 is 0 Å². The van der Waals surface area contributed by atoms with Crippen molar-refractivity contribution in [3.63, 3.8) is 0 Å². The molecule has 0 saturated heterocycles. The van der Waals surface area contributed by atoms with Crippen LogP contribution in [0.25, 0.3) is 0 Å². The van der Waals surface area contributed by atoms with Crippen LogP contribution < -0.4 is 10.5 Å². The minimum absolute atomic E-state index is 0.0596. The average Bonchev–Trinajstić information content (AvgIpc) is 2.34. The van der Waals surface area contributed by atoms with Gasteiger partial charge in [-0.1, -0.05) is 28.1 Å². The third-order valence-electron chi connectivity index (χ3n) is 2.37. The second kappa shape index (κ2) is 5.30. The van der Waals surface area contributed by atoms with Crippen molar-refractivity contribution in [2.75, 3.05) is 5.73 Å². The third kappa shape index (κ3) is 2.95. The van der Waals surface area contributed by atoms with Gasteiger partial charge in [-0.2, -0.15) is 4.98 Å². The zero-order chi connectivity index (χ0) is 13.1. The molecule has 0 aliphatic heterocycles. The van der Waals surface area contributed by atoms with Gasteiger partial charge in [-0.25, -0.2) is 9.37 Å². The number of ether oxygens (including phenoxy) is 1. The lowest BCUT2D eigenvalue weighted by Crippen LogP contribution is -2.07. The Balaban J connectivity index is 2.13. The summed E-state index contributed by atoms with van der Waals surface area (Å²) in [6.45, 7) is 1.85. The maximum Gasteiger partial charge on any atom is 0.319 e. The van der Waals surface area contributed by atoms with Crippen molar-refractivity contribution in [2.45, 2.75) is 13.0 Å². The van der Waals surface area contributed by atoms with E-state index in [0.29, 0.717) is 0 Å². The van der Waals surface area contributed by atoms with E-state index in [0.717, 1.165) is 16.2 Å². The molecular formula is C12H11BrFN3O. The molecule has 6 heteroatoms. The minimum Gasteiger partial charge on any atom is -0.456 e. The minimum atomic E-state index is -0.654. The Hall–Kier alpha value is -1.69. The van der Waals surface area contributed by atoms with Crippen molar-refractivity contribution in [3.8, 4) is 6.01 Å². The number of rotatable bonds is 3. The first-order valence-electron chi connectivity index (χ1n) is 5.26. The molecule has 4 nitrogen and oxygen atoms in total. The van der Waals surface area contributed by atoms with Crippen LogP contribution in [0.2, 0.25) is 0 Å². The fourth-order valence-corrected chi connectivity index (χ4v) is 1.64. The van der Waals surface area contributed by atoms with Crippen LogP contribution in [-0.4, -0.2) is 9.97 Å². The Kier molecular flexibility index (Phi) is 3.76. The summed E-state index contributed by atoms with van der Waals surface area (Å²) in [5.41, 5.74) is 6.31. The number of hydrogen-bond donors (Lipinski definition) is 1. The van der Waals surface area contributed by atoms with Gasteiger partial charge in [0.15, 0.2) is 11.6 Å². The molecule has 0 fully saturated rings. The molecule has 1 atom stereocenters. The molecule has 0 aliphatic rings. The Morgan fingerprint density at radius 2 is 2.00 bits per heavy atom. The van der Waals surface area contributed by atoms with Crippen molar-refractivity contribution >= 4 is 21.7 Å². The summed E-state index contributed by atoms with van der Waals surface area (Å²) >= 11 is 3.36. The van der Waals surface area contributed by atoms with Gasteiger partial charge in [0, 0.05) is 4.47 Å². The molecule has 0 aliphatic carbocycles. The molecule has 1 heterocycles. The van der Waals surface area contributed by atoms with E-state index in [1.165, 1.54) is 0 Å². The number of nitrogens with zero attached hydrogens (tertiary/aromatic N) is 2. The van der Waals surface area contributed by atoms with Gasteiger partial charge in [0.25, 0.3) is 0 Å². The maximum absolute atomic E-state index is 12.9. The molecule has 94 valence electrons. The molecule has 18 heavy (non-hydrogen) atoms. The molecule has 0 radical (unpaired) electrons. The number of benzene rings is 1. The second-order valence-electron chi connectivity index (χ2n) is 3.70. The average molecular weight is 312 g/mol. The Bertz CT molecular complexity index is 548. The molecule has 2 N–H and O–H groups in total. The Morgan fingerprint density at radius 1 is 1.33 bits per heavy atom. The zero-order valence-electron chi connectivity index (χ0n) is 9.60. The van der Waals surface area contributed by atoms with Crippen molar-refractivity contribution in [1.82, 2.24) is 9.97 Å². The van der Waals surface area contributed by atoms with Crippen molar-refractivity contribution in [2.24, 2.45) is 0 Å². The summed E-state index contributed by atoms with van der Waals surface area (Å²) in [5.74, 6) is -0.873. The molecule has 0 saturated carbocycles. The molecule has 0 unspecified atom stereocenters. The summed E-state index contributed by atoms with van der Waals surface area (Å²) in [6, 6.07) is 7.72. The number of hydrogen-bond acceptors (Lipinski definition) is 4. The topological polar surface area (TPSA) is 61.0 Å². The smallest absolute Gasteiger partial charge is 0.319 e. The van der Waals surface area contributed by atoms with Crippen molar-refractivity contribution in [3.05, 3.63) is 46.3 Å². The SMILES string of the molecule is C[C@@H](Oc1ncc(F)c(N)n1)c1ccc(Br)cc1. The second-order valence-corrected chi connectivity index (χ2v) is 4.61. The Morgan fingerprint density at radius 3 is 2.61 bits per heavy atom. The number of nitrogens with two attached hydrogens (primary N) is 1. The predicted octanol–water partition coefficient (Wildman–Crippen LogP) is 3.10. The van der Waals surface area contributed by atoms with E-state index in [-0.39, 0.29) is 17.9 Å². The van der Waals surface area contributed by atoms with Gasteiger partial charge in [-0.15, -0.1) is 0 Å². The van der Waals surface area contributed by atoms with Crippen LogP contribution in [0.1, 0.15) is 18.6 Å². The molecule has 1 aromatic heterocycles. The van der Waals surface area contributed by atoms with Gasteiger partial charge in [0.1, 0.15) is 6.10 Å². The summed E-state index contributed by atoms with van der Waals surface area (Å²) in [7, 11) is 0. The molecule has 0 amide bonds. The normalized spacial score (nSPS) is 12.2. The van der Waals surface area contributed by atoms with Crippen LogP contribution in [0.5, 0.6) is 6.01 Å². The van der Waals surface area contributed by atoms with Crippen LogP contribution >= 0.6 is 15.9 Å². The fourth-order valence-electron chi connectivity index (χ4n) is 1.38. The highest BCUT2D eigenvalue weighted by atomic mass is 79.9. The predicted molar refractivity (Wildman–Crippen MR) is 69.6 cm³/mol. The summed E-state index contributed by atoms with van der Waals surface area (Å²) in [4.78, 5) is 7.44. The van der Waals surface area contributed by atoms with E-state index in [4.69, 9.17) is 10.5 Å². The Labute approximate surface area is 112 Å². The first-order chi connectivity index (χ1) is 8.56. The van der Waals surface area contributed by atoms with Crippen molar-refractivity contribution in [1.29, 1.82) is 0 Å². The summed E-state index contributed by atoms with van der Waals surface area (Å²) in [5, 5.41) is 0. The molecule has 0 spiro atoms. The first kappa shape index (κ1) is 12.8. The first-order valence-corrected chi connectivity index (χ1v) is 6.05. The van der Waals surface area contributed by atoms with Gasteiger partial charge in [-0.3, -0.25) is 0 Å². The lowest BCUT2D eigenvalue weighted by molar-refractivity contribution is 0.207. The van der Waals surface area contributed by atoms with Crippen LogP contribution in [-0.2, 0) is 0 Å². The van der Waals surface area contributed by atoms with Crippen LogP contribution in [0.4, 0.5) is 10.2 Å². The fraction of sp³-hybridized carbons (Fsp3) is 0.167.